The lowest BCUT2D eigenvalue weighted by Crippen LogP contribution is -2.39. The molecule has 0 aromatic heterocycles. The van der Waals surface area contributed by atoms with Crippen LogP contribution in [0.15, 0.2) is 23.1 Å². The minimum absolute atomic E-state index is 0.0462. The molecule has 0 aliphatic carbocycles. The molecule has 2 N–H and O–H groups in total. The lowest BCUT2D eigenvalue weighted by atomic mass is 10.3. The summed E-state index contributed by atoms with van der Waals surface area (Å²) >= 11 is 5.94. The van der Waals surface area contributed by atoms with Gasteiger partial charge in [-0.1, -0.05) is 11.6 Å². The molecule has 0 atom stereocenters. The number of halogens is 1. The lowest BCUT2D eigenvalue weighted by molar-refractivity contribution is -0.130. The Labute approximate surface area is 129 Å². The number of carbonyl (C=O) groups is 1. The molecule has 8 heteroatoms. The van der Waals surface area contributed by atoms with E-state index in [-0.39, 0.29) is 22.4 Å². The Balaban J connectivity index is 2.16. The first-order valence-electron chi connectivity index (χ1n) is 6.61. The standard InChI is InChI=1S/C13H18ClN3O3S/c1-16(9-13(18)17-6-2-3-7-17)21(19,20)12-5-4-10(15)8-11(12)14/h4-5,8H,2-3,6-7,9,15H2,1H3. The van der Waals surface area contributed by atoms with Gasteiger partial charge in [0.25, 0.3) is 0 Å². The molecule has 116 valence electrons. The van der Waals surface area contributed by atoms with Gasteiger partial charge in [0.1, 0.15) is 4.90 Å². The van der Waals surface area contributed by atoms with Crippen LogP contribution < -0.4 is 5.73 Å². The number of hydrogen-bond acceptors (Lipinski definition) is 4. The van der Waals surface area contributed by atoms with E-state index in [1.54, 1.807) is 4.90 Å². The molecule has 1 heterocycles. The van der Waals surface area contributed by atoms with Crippen LogP contribution in [0.5, 0.6) is 0 Å². The topological polar surface area (TPSA) is 83.7 Å². The summed E-state index contributed by atoms with van der Waals surface area (Å²) in [5.74, 6) is -0.190. The van der Waals surface area contributed by atoms with Crippen LogP contribution in [0, 0.1) is 0 Å². The van der Waals surface area contributed by atoms with Crippen molar-refractivity contribution >= 4 is 33.2 Å². The van der Waals surface area contributed by atoms with Crippen molar-refractivity contribution in [3.05, 3.63) is 23.2 Å². The van der Waals surface area contributed by atoms with Gasteiger partial charge in [0, 0.05) is 25.8 Å². The molecule has 0 radical (unpaired) electrons. The van der Waals surface area contributed by atoms with Crippen molar-refractivity contribution < 1.29 is 13.2 Å². The number of carbonyl (C=O) groups excluding carboxylic acids is 1. The van der Waals surface area contributed by atoms with Gasteiger partial charge >= 0.3 is 0 Å². The number of rotatable bonds is 4. The number of hydrogen-bond donors (Lipinski definition) is 1. The zero-order valence-corrected chi connectivity index (χ0v) is 13.3. The summed E-state index contributed by atoms with van der Waals surface area (Å²) in [5.41, 5.74) is 5.94. The maximum Gasteiger partial charge on any atom is 0.244 e. The van der Waals surface area contributed by atoms with Gasteiger partial charge in [-0.05, 0) is 31.0 Å². The minimum atomic E-state index is -3.81. The predicted octanol–water partition coefficient (Wildman–Crippen LogP) is 1.17. The van der Waals surface area contributed by atoms with E-state index in [1.807, 2.05) is 0 Å². The number of anilines is 1. The third kappa shape index (κ3) is 3.48. The van der Waals surface area contributed by atoms with Crippen LogP contribution in [0.2, 0.25) is 5.02 Å². The fourth-order valence-corrected chi connectivity index (χ4v) is 3.88. The number of likely N-dealkylation sites (tertiary alicyclic amines) is 1. The summed E-state index contributed by atoms with van der Waals surface area (Å²) in [4.78, 5) is 13.7. The molecule has 1 fully saturated rings. The molecule has 1 aromatic rings. The van der Waals surface area contributed by atoms with Crippen molar-refractivity contribution in [2.45, 2.75) is 17.7 Å². The van der Waals surface area contributed by atoms with Crippen LogP contribution in [0.25, 0.3) is 0 Å². The lowest BCUT2D eigenvalue weighted by Gasteiger charge is -2.21. The third-order valence-corrected chi connectivity index (χ3v) is 5.75. The van der Waals surface area contributed by atoms with Gasteiger partial charge in [-0.3, -0.25) is 4.79 Å². The Morgan fingerprint density at radius 3 is 2.57 bits per heavy atom. The van der Waals surface area contributed by atoms with Gasteiger partial charge in [0.2, 0.25) is 15.9 Å². The van der Waals surface area contributed by atoms with Gasteiger partial charge in [-0.2, -0.15) is 4.31 Å². The molecule has 0 unspecified atom stereocenters. The number of nitrogens with zero attached hydrogens (tertiary/aromatic N) is 2. The van der Waals surface area contributed by atoms with Gasteiger partial charge in [0.05, 0.1) is 11.6 Å². The second kappa shape index (κ2) is 6.21. The van der Waals surface area contributed by atoms with Gasteiger partial charge in [-0.25, -0.2) is 8.42 Å². The third-order valence-electron chi connectivity index (χ3n) is 3.46. The van der Waals surface area contributed by atoms with E-state index in [0.29, 0.717) is 18.8 Å². The summed E-state index contributed by atoms with van der Waals surface area (Å²) in [6.07, 6.45) is 1.93. The highest BCUT2D eigenvalue weighted by Gasteiger charge is 2.27. The second-order valence-electron chi connectivity index (χ2n) is 5.04. The number of nitrogens with two attached hydrogens (primary N) is 1. The molecular formula is C13H18ClN3O3S. The number of benzene rings is 1. The quantitative estimate of drug-likeness (QED) is 0.839. The fourth-order valence-electron chi connectivity index (χ4n) is 2.24. The van der Waals surface area contributed by atoms with Crippen LogP contribution in [-0.4, -0.2) is 50.2 Å². The van der Waals surface area contributed by atoms with E-state index in [4.69, 9.17) is 17.3 Å². The van der Waals surface area contributed by atoms with Crippen LogP contribution in [0.3, 0.4) is 0 Å². The van der Waals surface area contributed by atoms with Crippen molar-refractivity contribution in [2.75, 3.05) is 32.4 Å². The molecule has 21 heavy (non-hydrogen) atoms. The van der Waals surface area contributed by atoms with Crippen molar-refractivity contribution in [1.29, 1.82) is 0 Å². The Kier molecular flexibility index (Phi) is 4.75. The van der Waals surface area contributed by atoms with Crippen molar-refractivity contribution in [1.82, 2.24) is 9.21 Å². The molecule has 2 rings (SSSR count). The van der Waals surface area contributed by atoms with E-state index in [9.17, 15) is 13.2 Å². The van der Waals surface area contributed by atoms with Crippen LogP contribution in [-0.2, 0) is 14.8 Å². The highest BCUT2D eigenvalue weighted by atomic mass is 35.5. The van der Waals surface area contributed by atoms with E-state index >= 15 is 0 Å². The Bertz CT molecular complexity index is 642. The summed E-state index contributed by atoms with van der Waals surface area (Å²) in [7, 11) is -2.44. The monoisotopic (exact) mass is 331 g/mol. The maximum atomic E-state index is 12.4. The van der Waals surface area contributed by atoms with E-state index in [1.165, 1.54) is 25.2 Å². The fraction of sp³-hybridized carbons (Fsp3) is 0.462. The zero-order valence-electron chi connectivity index (χ0n) is 11.8. The normalized spacial score (nSPS) is 15.7. The predicted molar refractivity (Wildman–Crippen MR) is 81.5 cm³/mol. The number of amides is 1. The van der Waals surface area contributed by atoms with E-state index < -0.39 is 10.0 Å². The Morgan fingerprint density at radius 1 is 1.38 bits per heavy atom. The van der Waals surface area contributed by atoms with E-state index in [2.05, 4.69) is 0 Å². The molecule has 0 saturated carbocycles. The zero-order chi connectivity index (χ0) is 15.6. The van der Waals surface area contributed by atoms with Crippen molar-refractivity contribution in [3.8, 4) is 0 Å². The number of nitrogen functional groups attached to an aromatic ring is 1. The first-order chi connectivity index (χ1) is 9.82. The molecular weight excluding hydrogens is 314 g/mol. The number of likely N-dealkylation sites (N-methyl/N-ethyl adjacent to an activating group) is 1. The van der Waals surface area contributed by atoms with Gasteiger partial charge in [-0.15, -0.1) is 0 Å². The average Bonchev–Trinajstić information content (AvgIpc) is 2.91. The Morgan fingerprint density at radius 2 is 2.00 bits per heavy atom. The minimum Gasteiger partial charge on any atom is -0.399 e. The first-order valence-corrected chi connectivity index (χ1v) is 8.43. The summed E-state index contributed by atoms with van der Waals surface area (Å²) < 4.78 is 25.9. The summed E-state index contributed by atoms with van der Waals surface area (Å²) in [5, 5.41) is 0.0514. The molecule has 6 nitrogen and oxygen atoms in total. The molecule has 1 saturated heterocycles. The second-order valence-corrected chi connectivity index (χ2v) is 7.46. The molecule has 0 bridgehead atoms. The highest BCUT2D eigenvalue weighted by molar-refractivity contribution is 7.89. The summed E-state index contributed by atoms with van der Waals surface area (Å²) in [6, 6.07) is 4.20. The largest absolute Gasteiger partial charge is 0.399 e. The molecule has 1 aromatic carbocycles. The Hall–Kier alpha value is -1.31. The van der Waals surface area contributed by atoms with Crippen LogP contribution in [0.1, 0.15) is 12.8 Å². The molecule has 0 spiro atoms. The van der Waals surface area contributed by atoms with E-state index in [0.717, 1.165) is 17.1 Å². The van der Waals surface area contributed by atoms with Crippen molar-refractivity contribution in [2.24, 2.45) is 0 Å². The van der Waals surface area contributed by atoms with Crippen LogP contribution >= 0.6 is 11.6 Å². The molecule has 1 amide bonds. The highest BCUT2D eigenvalue weighted by Crippen LogP contribution is 2.26. The smallest absolute Gasteiger partial charge is 0.244 e. The maximum absolute atomic E-state index is 12.4. The number of sulfonamides is 1. The average molecular weight is 332 g/mol. The van der Waals surface area contributed by atoms with Gasteiger partial charge in [0.15, 0.2) is 0 Å². The van der Waals surface area contributed by atoms with Crippen molar-refractivity contribution in [3.63, 3.8) is 0 Å². The molecule has 1 aliphatic rings. The molecule has 1 aliphatic heterocycles. The van der Waals surface area contributed by atoms with Crippen LogP contribution in [0.4, 0.5) is 5.69 Å². The first kappa shape index (κ1) is 16.1. The van der Waals surface area contributed by atoms with Gasteiger partial charge < -0.3 is 10.6 Å². The summed E-state index contributed by atoms with van der Waals surface area (Å²) in [6.45, 7) is 1.19. The SMILES string of the molecule is CN(CC(=O)N1CCCC1)S(=O)(=O)c1ccc(N)cc1Cl.